The van der Waals surface area contributed by atoms with Crippen LogP contribution >= 0.6 is 22.7 Å². The normalized spacial score (nSPS) is 12.0. The van der Waals surface area contributed by atoms with Crippen molar-refractivity contribution in [1.82, 2.24) is 0 Å². The van der Waals surface area contributed by atoms with Gasteiger partial charge in [0.05, 0.1) is 21.9 Å². The Labute approximate surface area is 160 Å². The van der Waals surface area contributed by atoms with Crippen LogP contribution in [0.2, 0.25) is 0 Å². The maximum atomic E-state index is 9.27. The van der Waals surface area contributed by atoms with E-state index in [1.807, 2.05) is 11.4 Å². The summed E-state index contributed by atoms with van der Waals surface area (Å²) in [4.78, 5) is 2.15. The van der Waals surface area contributed by atoms with Crippen LogP contribution in [0.4, 0.5) is 0 Å². The Morgan fingerprint density at radius 3 is 2.44 bits per heavy atom. The van der Waals surface area contributed by atoms with Crippen LogP contribution in [0.5, 0.6) is 5.75 Å². The molecule has 136 valence electrons. The molecule has 0 aliphatic heterocycles. The van der Waals surface area contributed by atoms with E-state index in [0.29, 0.717) is 5.92 Å². The molecule has 0 aliphatic rings. The van der Waals surface area contributed by atoms with Gasteiger partial charge in [0.15, 0.2) is 0 Å². The SMILES string of the molecule is CCCCCCC(CCCC)COc1ccsc1-c1sccc1C#N. The summed E-state index contributed by atoms with van der Waals surface area (Å²) in [6, 6.07) is 6.23. The Morgan fingerprint density at radius 2 is 1.68 bits per heavy atom. The van der Waals surface area contributed by atoms with Crippen LogP contribution in [-0.4, -0.2) is 6.61 Å². The number of unbranched alkanes of at least 4 members (excludes halogenated alkanes) is 4. The number of nitrogens with zero attached hydrogens (tertiary/aromatic N) is 1. The molecule has 25 heavy (non-hydrogen) atoms. The molecule has 0 bridgehead atoms. The monoisotopic (exact) mass is 375 g/mol. The summed E-state index contributed by atoms with van der Waals surface area (Å²) in [5, 5.41) is 13.3. The number of hydrogen-bond donors (Lipinski definition) is 0. The van der Waals surface area contributed by atoms with Crippen molar-refractivity contribution in [3.05, 3.63) is 28.5 Å². The molecule has 1 atom stereocenters. The summed E-state index contributed by atoms with van der Waals surface area (Å²) in [6.07, 6.45) is 10.3. The average molecular weight is 376 g/mol. The largest absolute Gasteiger partial charge is 0.492 e. The highest BCUT2D eigenvalue weighted by molar-refractivity contribution is 7.20. The van der Waals surface area contributed by atoms with Crippen LogP contribution in [0.15, 0.2) is 22.9 Å². The van der Waals surface area contributed by atoms with Gasteiger partial charge in [-0.2, -0.15) is 5.26 Å². The number of ether oxygens (including phenoxy) is 1. The van der Waals surface area contributed by atoms with Gasteiger partial charge in [-0.1, -0.05) is 52.4 Å². The van der Waals surface area contributed by atoms with E-state index in [9.17, 15) is 5.26 Å². The lowest BCUT2D eigenvalue weighted by Crippen LogP contribution is -2.12. The molecule has 2 aromatic heterocycles. The van der Waals surface area contributed by atoms with Crippen molar-refractivity contribution >= 4 is 22.7 Å². The molecule has 2 heterocycles. The Morgan fingerprint density at radius 1 is 0.960 bits per heavy atom. The highest BCUT2D eigenvalue weighted by Crippen LogP contribution is 2.40. The van der Waals surface area contributed by atoms with Crippen molar-refractivity contribution in [2.45, 2.75) is 65.2 Å². The van der Waals surface area contributed by atoms with Crippen molar-refractivity contribution < 1.29 is 4.74 Å². The lowest BCUT2D eigenvalue weighted by atomic mass is 9.96. The molecule has 0 aliphatic carbocycles. The zero-order valence-corrected chi connectivity index (χ0v) is 17.1. The van der Waals surface area contributed by atoms with Gasteiger partial charge in [0.25, 0.3) is 0 Å². The quantitative estimate of drug-likeness (QED) is 0.360. The van der Waals surface area contributed by atoms with Gasteiger partial charge < -0.3 is 4.74 Å². The third kappa shape index (κ3) is 6.17. The molecular weight excluding hydrogens is 346 g/mol. The molecule has 2 aromatic rings. The van der Waals surface area contributed by atoms with Crippen LogP contribution in [0.3, 0.4) is 0 Å². The fourth-order valence-electron chi connectivity index (χ4n) is 3.02. The molecular formula is C21H29NOS2. The fourth-order valence-corrected chi connectivity index (χ4v) is 4.89. The van der Waals surface area contributed by atoms with Gasteiger partial charge in [0, 0.05) is 0 Å². The predicted molar refractivity (Wildman–Crippen MR) is 110 cm³/mol. The Hall–Kier alpha value is -1.31. The first-order chi connectivity index (χ1) is 12.3. The Kier molecular flexibility index (Phi) is 9.07. The lowest BCUT2D eigenvalue weighted by Gasteiger charge is -2.17. The molecule has 0 saturated heterocycles. The molecule has 0 radical (unpaired) electrons. The average Bonchev–Trinajstić information content (AvgIpc) is 3.28. The zero-order chi connectivity index (χ0) is 17.9. The highest BCUT2D eigenvalue weighted by atomic mass is 32.1. The minimum Gasteiger partial charge on any atom is -0.492 e. The highest BCUT2D eigenvalue weighted by Gasteiger charge is 2.16. The standard InChI is InChI=1S/C21H29NOS2/c1-3-5-7-8-10-17(9-6-4-2)16-23-19-12-14-25-21(19)20-18(15-22)11-13-24-20/h11-14,17H,3-10,16H2,1-2H3. The maximum absolute atomic E-state index is 9.27. The summed E-state index contributed by atoms with van der Waals surface area (Å²) in [6.45, 7) is 5.31. The number of rotatable bonds is 12. The molecule has 0 fully saturated rings. The van der Waals surface area contributed by atoms with E-state index in [1.54, 1.807) is 22.7 Å². The van der Waals surface area contributed by atoms with E-state index in [-0.39, 0.29) is 0 Å². The molecule has 0 N–H and O–H groups in total. The van der Waals surface area contributed by atoms with E-state index >= 15 is 0 Å². The van der Waals surface area contributed by atoms with Gasteiger partial charge in [-0.15, -0.1) is 22.7 Å². The van der Waals surface area contributed by atoms with Crippen LogP contribution in [-0.2, 0) is 0 Å². The molecule has 4 heteroatoms. The minimum absolute atomic E-state index is 0.642. The molecule has 0 aromatic carbocycles. The van der Waals surface area contributed by atoms with Gasteiger partial charge in [0.1, 0.15) is 11.8 Å². The Bertz CT molecular complexity index is 653. The van der Waals surface area contributed by atoms with Crippen molar-refractivity contribution in [1.29, 1.82) is 5.26 Å². The van der Waals surface area contributed by atoms with Crippen molar-refractivity contribution in [3.8, 4) is 21.6 Å². The number of nitriles is 1. The van der Waals surface area contributed by atoms with Crippen molar-refractivity contribution in [2.24, 2.45) is 5.92 Å². The summed E-state index contributed by atoms with van der Waals surface area (Å²) in [5.74, 6) is 1.59. The summed E-state index contributed by atoms with van der Waals surface area (Å²) < 4.78 is 6.22. The van der Waals surface area contributed by atoms with Crippen LogP contribution in [0.1, 0.15) is 70.8 Å². The fraction of sp³-hybridized carbons (Fsp3) is 0.571. The van der Waals surface area contributed by atoms with Crippen molar-refractivity contribution in [2.75, 3.05) is 6.61 Å². The summed E-state index contributed by atoms with van der Waals surface area (Å²) in [5.41, 5.74) is 0.749. The lowest BCUT2D eigenvalue weighted by molar-refractivity contribution is 0.226. The molecule has 2 rings (SSSR count). The number of thiophene rings is 2. The van der Waals surface area contributed by atoms with Gasteiger partial charge >= 0.3 is 0 Å². The summed E-state index contributed by atoms with van der Waals surface area (Å²) >= 11 is 3.29. The molecule has 0 spiro atoms. The van der Waals surface area contributed by atoms with Gasteiger partial charge in [-0.05, 0) is 41.7 Å². The third-order valence-electron chi connectivity index (χ3n) is 4.53. The van der Waals surface area contributed by atoms with Crippen molar-refractivity contribution in [3.63, 3.8) is 0 Å². The summed E-state index contributed by atoms with van der Waals surface area (Å²) in [7, 11) is 0. The van der Waals surface area contributed by atoms with Crippen LogP contribution in [0.25, 0.3) is 9.75 Å². The molecule has 1 unspecified atom stereocenters. The maximum Gasteiger partial charge on any atom is 0.138 e. The first-order valence-corrected chi connectivity index (χ1v) is 11.2. The van der Waals surface area contributed by atoms with E-state index < -0.39 is 0 Å². The first-order valence-electron chi connectivity index (χ1n) is 9.48. The first kappa shape index (κ1) is 20.0. The second-order valence-electron chi connectivity index (χ2n) is 6.56. The topological polar surface area (TPSA) is 33.0 Å². The second kappa shape index (κ2) is 11.3. The van der Waals surface area contributed by atoms with Gasteiger partial charge in [0.2, 0.25) is 0 Å². The van der Waals surface area contributed by atoms with E-state index in [0.717, 1.165) is 27.7 Å². The van der Waals surface area contributed by atoms with E-state index in [4.69, 9.17) is 4.74 Å². The van der Waals surface area contributed by atoms with E-state index in [2.05, 4.69) is 31.4 Å². The molecule has 2 nitrogen and oxygen atoms in total. The number of hydrogen-bond acceptors (Lipinski definition) is 4. The zero-order valence-electron chi connectivity index (χ0n) is 15.4. The molecule has 0 saturated carbocycles. The third-order valence-corrected chi connectivity index (χ3v) is 6.50. The molecule has 0 amide bonds. The predicted octanol–water partition coefficient (Wildman–Crippen LogP) is 7.50. The smallest absolute Gasteiger partial charge is 0.138 e. The van der Waals surface area contributed by atoms with Crippen LogP contribution in [0, 0.1) is 17.2 Å². The van der Waals surface area contributed by atoms with E-state index in [1.165, 1.54) is 51.4 Å². The second-order valence-corrected chi connectivity index (χ2v) is 8.39. The minimum atomic E-state index is 0.642. The van der Waals surface area contributed by atoms with Crippen LogP contribution < -0.4 is 4.74 Å². The van der Waals surface area contributed by atoms with Gasteiger partial charge in [-0.3, -0.25) is 0 Å². The Balaban J connectivity index is 1.96. The van der Waals surface area contributed by atoms with Gasteiger partial charge in [-0.25, -0.2) is 0 Å².